The first-order chi connectivity index (χ1) is 25.2. The maximum absolute atomic E-state index is 10.3. The van der Waals surface area contributed by atoms with Gasteiger partial charge in [-0.05, 0) is 71.0 Å². The van der Waals surface area contributed by atoms with Gasteiger partial charge >= 0.3 is 0 Å². The summed E-state index contributed by atoms with van der Waals surface area (Å²) >= 11 is 0. The van der Waals surface area contributed by atoms with Gasteiger partial charge in [-0.25, -0.2) is 9.97 Å². The number of hydrogen-bond donors (Lipinski definition) is 0. The molecular formula is C47H33N3O. The van der Waals surface area contributed by atoms with Crippen molar-refractivity contribution < 1.29 is 4.42 Å². The van der Waals surface area contributed by atoms with Crippen molar-refractivity contribution in [3.8, 4) is 62.2 Å². The summed E-state index contributed by atoms with van der Waals surface area (Å²) in [5.41, 5.74) is 14.5. The molecular weight excluding hydrogens is 623 g/mol. The van der Waals surface area contributed by atoms with E-state index in [-0.39, 0.29) is 5.41 Å². The van der Waals surface area contributed by atoms with Crippen molar-refractivity contribution in [3.05, 3.63) is 156 Å². The fourth-order valence-electron chi connectivity index (χ4n) is 8.78. The molecule has 242 valence electrons. The van der Waals surface area contributed by atoms with Crippen molar-refractivity contribution >= 4 is 21.9 Å². The highest BCUT2D eigenvalue weighted by Crippen LogP contribution is 2.58. The summed E-state index contributed by atoms with van der Waals surface area (Å²) in [5, 5.41) is 12.5. The number of nitriles is 1. The molecule has 0 bridgehead atoms. The molecule has 0 aliphatic heterocycles. The number of aromatic nitrogens is 2. The van der Waals surface area contributed by atoms with Crippen LogP contribution >= 0.6 is 0 Å². The Labute approximate surface area is 296 Å². The Kier molecular flexibility index (Phi) is 6.76. The van der Waals surface area contributed by atoms with E-state index in [4.69, 9.17) is 14.4 Å². The molecule has 8 aromatic rings. The second kappa shape index (κ2) is 11.6. The minimum atomic E-state index is -0.0147. The van der Waals surface area contributed by atoms with Crippen LogP contribution < -0.4 is 0 Å². The highest BCUT2D eigenvalue weighted by atomic mass is 16.3. The Morgan fingerprint density at radius 3 is 2.00 bits per heavy atom. The monoisotopic (exact) mass is 655 g/mol. The number of hydrogen-bond acceptors (Lipinski definition) is 4. The molecule has 1 saturated carbocycles. The molecule has 1 fully saturated rings. The van der Waals surface area contributed by atoms with Gasteiger partial charge in [-0.1, -0.05) is 128 Å². The molecule has 51 heavy (non-hydrogen) atoms. The smallest absolute Gasteiger partial charge is 0.160 e. The van der Waals surface area contributed by atoms with Gasteiger partial charge in [-0.15, -0.1) is 0 Å². The Bertz CT molecular complexity index is 2680. The predicted molar refractivity (Wildman–Crippen MR) is 205 cm³/mol. The molecule has 0 amide bonds. The van der Waals surface area contributed by atoms with Gasteiger partial charge in [0.25, 0.3) is 0 Å². The summed E-state index contributed by atoms with van der Waals surface area (Å²) in [6.07, 6.45) is 5.96. The third kappa shape index (κ3) is 4.66. The fourth-order valence-corrected chi connectivity index (χ4v) is 8.78. The standard InChI is InChI=1S/C47H33N3O/c48-29-34-13-9-16-38-44(34)45-35(15-10-17-39(45)47(38)25-7-2-8-26-47)30-19-21-32(22-20-30)46-49-40(31-11-3-1-4-12-31)28-41(50-46)33-23-24-37-36-14-5-6-18-42(36)51-43(37)27-33/h1,3-6,9-24,27-28H,2,7-8,25-26H2. The van der Waals surface area contributed by atoms with Crippen LogP contribution in [0.4, 0.5) is 0 Å². The van der Waals surface area contributed by atoms with Crippen LogP contribution in [0.1, 0.15) is 48.8 Å². The molecule has 0 unspecified atom stereocenters. The first kappa shape index (κ1) is 29.6. The average molecular weight is 656 g/mol. The lowest BCUT2D eigenvalue weighted by molar-refractivity contribution is 0.353. The van der Waals surface area contributed by atoms with E-state index >= 15 is 0 Å². The first-order valence-corrected chi connectivity index (χ1v) is 17.8. The third-order valence-corrected chi connectivity index (χ3v) is 11.2. The van der Waals surface area contributed by atoms with Gasteiger partial charge in [0.05, 0.1) is 23.0 Å². The lowest BCUT2D eigenvalue weighted by Gasteiger charge is -2.36. The maximum atomic E-state index is 10.3. The lowest BCUT2D eigenvalue weighted by atomic mass is 9.67. The Balaban J connectivity index is 1.09. The normalized spacial score (nSPS) is 14.4. The predicted octanol–water partition coefficient (Wildman–Crippen LogP) is 12.1. The second-order valence-corrected chi connectivity index (χ2v) is 13.9. The summed E-state index contributed by atoms with van der Waals surface area (Å²) in [6.45, 7) is 0. The fraction of sp³-hybridized carbons (Fsp3) is 0.128. The third-order valence-electron chi connectivity index (χ3n) is 11.2. The SMILES string of the molecule is N#Cc1cccc2c1-c1c(-c3ccc(-c4nc(-c5ccccc5)cc(-c5ccc6c(c5)oc5ccccc56)n4)cc3)cccc1C21CCCCC1. The summed E-state index contributed by atoms with van der Waals surface area (Å²) < 4.78 is 6.24. The van der Waals surface area contributed by atoms with Crippen LogP contribution in [0.2, 0.25) is 0 Å². The van der Waals surface area contributed by atoms with Crippen LogP contribution in [0.5, 0.6) is 0 Å². The Morgan fingerprint density at radius 1 is 0.529 bits per heavy atom. The zero-order valence-corrected chi connectivity index (χ0v) is 28.1. The minimum absolute atomic E-state index is 0.0147. The minimum Gasteiger partial charge on any atom is -0.456 e. The summed E-state index contributed by atoms with van der Waals surface area (Å²) in [5.74, 6) is 0.666. The van der Waals surface area contributed by atoms with Crippen LogP contribution in [0.3, 0.4) is 0 Å². The highest BCUT2D eigenvalue weighted by molar-refractivity contribution is 6.06. The molecule has 10 rings (SSSR count). The van der Waals surface area contributed by atoms with Crippen molar-refractivity contribution in [2.24, 2.45) is 0 Å². The van der Waals surface area contributed by atoms with Crippen LogP contribution in [0.25, 0.3) is 78.1 Å². The molecule has 6 aromatic carbocycles. The van der Waals surface area contributed by atoms with Crippen LogP contribution in [0.15, 0.2) is 144 Å². The number of fused-ring (bicyclic) bond motifs is 8. The van der Waals surface area contributed by atoms with Crippen molar-refractivity contribution in [1.82, 2.24) is 9.97 Å². The molecule has 4 nitrogen and oxygen atoms in total. The van der Waals surface area contributed by atoms with E-state index in [1.807, 2.05) is 42.5 Å². The maximum Gasteiger partial charge on any atom is 0.160 e. The zero-order chi connectivity index (χ0) is 33.9. The molecule has 2 aromatic heterocycles. The molecule has 0 N–H and O–H groups in total. The number of benzene rings is 6. The molecule has 4 heteroatoms. The van der Waals surface area contributed by atoms with Gasteiger partial charge < -0.3 is 4.42 Å². The average Bonchev–Trinajstić information content (AvgIpc) is 3.71. The van der Waals surface area contributed by atoms with Gasteiger partial charge in [-0.3, -0.25) is 0 Å². The van der Waals surface area contributed by atoms with Gasteiger partial charge in [0.1, 0.15) is 11.2 Å². The van der Waals surface area contributed by atoms with E-state index in [1.165, 1.54) is 41.5 Å². The summed E-state index contributed by atoms with van der Waals surface area (Å²) in [7, 11) is 0. The quantitative estimate of drug-likeness (QED) is 0.189. The van der Waals surface area contributed by atoms with Crippen molar-refractivity contribution in [2.75, 3.05) is 0 Å². The lowest BCUT2D eigenvalue weighted by Crippen LogP contribution is -2.28. The van der Waals surface area contributed by atoms with E-state index < -0.39 is 0 Å². The van der Waals surface area contributed by atoms with Crippen LogP contribution in [-0.2, 0) is 5.41 Å². The number of para-hydroxylation sites is 1. The molecule has 2 aliphatic rings. The number of rotatable bonds is 4. The Morgan fingerprint density at radius 2 is 1.20 bits per heavy atom. The topological polar surface area (TPSA) is 62.7 Å². The zero-order valence-electron chi connectivity index (χ0n) is 28.1. The second-order valence-electron chi connectivity index (χ2n) is 13.9. The number of furan rings is 1. The van der Waals surface area contributed by atoms with E-state index in [2.05, 4.69) is 103 Å². The molecule has 0 radical (unpaired) electrons. The van der Waals surface area contributed by atoms with Gasteiger partial charge in [0.15, 0.2) is 5.82 Å². The van der Waals surface area contributed by atoms with Gasteiger partial charge in [0, 0.05) is 38.4 Å². The summed E-state index contributed by atoms with van der Waals surface area (Å²) in [6, 6.07) is 51.0. The molecule has 2 heterocycles. The molecule has 2 aliphatic carbocycles. The van der Waals surface area contributed by atoms with E-state index in [9.17, 15) is 5.26 Å². The van der Waals surface area contributed by atoms with E-state index in [0.29, 0.717) is 5.82 Å². The van der Waals surface area contributed by atoms with Gasteiger partial charge in [-0.2, -0.15) is 5.26 Å². The Hall–Kier alpha value is -6.31. The highest BCUT2D eigenvalue weighted by Gasteiger charge is 2.45. The molecule has 0 atom stereocenters. The number of nitrogens with zero attached hydrogens (tertiary/aromatic N) is 3. The summed E-state index contributed by atoms with van der Waals surface area (Å²) in [4.78, 5) is 10.2. The van der Waals surface area contributed by atoms with Crippen molar-refractivity contribution in [3.63, 3.8) is 0 Å². The van der Waals surface area contributed by atoms with E-state index in [0.717, 1.165) is 79.5 Å². The largest absolute Gasteiger partial charge is 0.456 e. The van der Waals surface area contributed by atoms with Gasteiger partial charge in [0.2, 0.25) is 0 Å². The molecule has 1 spiro atoms. The molecule has 0 saturated heterocycles. The van der Waals surface area contributed by atoms with E-state index in [1.54, 1.807) is 0 Å². The van der Waals surface area contributed by atoms with Crippen LogP contribution in [0, 0.1) is 11.3 Å². The van der Waals surface area contributed by atoms with Crippen molar-refractivity contribution in [2.45, 2.75) is 37.5 Å². The van der Waals surface area contributed by atoms with Crippen molar-refractivity contribution in [1.29, 1.82) is 5.26 Å². The first-order valence-electron chi connectivity index (χ1n) is 17.8. The van der Waals surface area contributed by atoms with Crippen LogP contribution in [-0.4, -0.2) is 9.97 Å².